The fourth-order valence-electron chi connectivity index (χ4n) is 13.7. The van der Waals surface area contributed by atoms with Gasteiger partial charge in [-0.05, 0) is 141 Å². The fourth-order valence-corrected chi connectivity index (χ4v) is 18.4. The smallest absolute Gasteiger partial charge is 0.179 e. The van der Waals surface area contributed by atoms with Crippen LogP contribution < -0.4 is 30.5 Å². The van der Waals surface area contributed by atoms with E-state index >= 15 is 0 Å². The second-order valence-corrected chi connectivity index (χ2v) is 25.8. The Morgan fingerprint density at radius 1 is 0.212 bits per heavy atom. The Labute approximate surface area is 495 Å². The molecule has 4 nitrogen and oxygen atoms in total. The lowest BCUT2D eigenvalue weighted by atomic mass is 10.1. The summed E-state index contributed by atoms with van der Waals surface area (Å²) in [5.74, 6) is 0. The van der Waals surface area contributed by atoms with Crippen LogP contribution in [0.25, 0.3) is 76.5 Å². The molecule has 0 aliphatic rings. The molecule has 0 aliphatic carbocycles. The molecule has 0 unspecified atom stereocenters. The molecule has 0 saturated carbocycles. The molecular formula is C80H56N4Si. The summed E-state index contributed by atoms with van der Waals surface area (Å²) in [6.45, 7) is 0. The largest absolute Gasteiger partial charge is 0.310 e. The first-order chi connectivity index (χ1) is 42.2. The molecule has 0 amide bonds. The number of fused-ring (bicyclic) bond motifs is 8. The van der Waals surface area contributed by atoms with Crippen LogP contribution in [0.15, 0.2) is 340 Å². The van der Waals surface area contributed by atoms with Crippen LogP contribution in [0.4, 0.5) is 34.1 Å². The van der Waals surface area contributed by atoms with Crippen LogP contribution in [0.1, 0.15) is 0 Å². The van der Waals surface area contributed by atoms with E-state index in [4.69, 9.17) is 0 Å². The van der Waals surface area contributed by atoms with Crippen molar-refractivity contribution in [3.05, 3.63) is 340 Å². The lowest BCUT2D eigenvalue weighted by molar-refractivity contribution is 1.18. The van der Waals surface area contributed by atoms with Gasteiger partial charge in [0, 0.05) is 66.4 Å². The molecule has 0 saturated heterocycles. The average molecular weight is 1100 g/mol. The maximum Gasteiger partial charge on any atom is 0.179 e. The third-order valence-corrected chi connectivity index (χ3v) is 22.2. The number of benzene rings is 14. The second-order valence-electron chi connectivity index (χ2n) is 22.0. The molecule has 14 aromatic carbocycles. The van der Waals surface area contributed by atoms with Crippen LogP contribution in [-0.4, -0.2) is 17.2 Å². The predicted octanol–water partition coefficient (Wildman–Crippen LogP) is 18.5. The molecule has 16 rings (SSSR count). The lowest BCUT2D eigenvalue weighted by Gasteiger charge is -2.35. The zero-order chi connectivity index (χ0) is 56.3. The third kappa shape index (κ3) is 8.27. The zero-order valence-corrected chi connectivity index (χ0v) is 47.6. The molecule has 2 heterocycles. The summed E-state index contributed by atoms with van der Waals surface area (Å²) in [5, 5.41) is 14.9. The van der Waals surface area contributed by atoms with Crippen LogP contribution in [0.5, 0.6) is 0 Å². The third-order valence-electron chi connectivity index (χ3n) is 17.4. The lowest BCUT2D eigenvalue weighted by Crippen LogP contribution is -2.74. The van der Waals surface area contributed by atoms with Crippen molar-refractivity contribution in [2.24, 2.45) is 0 Å². The van der Waals surface area contributed by atoms with E-state index < -0.39 is 8.07 Å². The van der Waals surface area contributed by atoms with Crippen molar-refractivity contribution < 1.29 is 0 Å². The van der Waals surface area contributed by atoms with Crippen molar-refractivity contribution in [1.29, 1.82) is 0 Å². The van der Waals surface area contributed by atoms with E-state index in [1.165, 1.54) is 85.9 Å². The minimum Gasteiger partial charge on any atom is -0.310 e. The highest BCUT2D eigenvalue weighted by Crippen LogP contribution is 2.44. The van der Waals surface area contributed by atoms with Crippen molar-refractivity contribution in [2.75, 3.05) is 9.80 Å². The number of para-hydroxylation sites is 4. The first-order valence-corrected chi connectivity index (χ1v) is 31.2. The van der Waals surface area contributed by atoms with E-state index in [0.29, 0.717) is 0 Å². The molecule has 0 fully saturated rings. The van der Waals surface area contributed by atoms with Gasteiger partial charge >= 0.3 is 0 Å². The van der Waals surface area contributed by atoms with Crippen molar-refractivity contribution in [2.45, 2.75) is 0 Å². The van der Waals surface area contributed by atoms with Crippen molar-refractivity contribution in [1.82, 2.24) is 9.13 Å². The van der Waals surface area contributed by atoms with Gasteiger partial charge in [0.25, 0.3) is 0 Å². The molecule has 0 bridgehead atoms. The van der Waals surface area contributed by atoms with Crippen molar-refractivity contribution in [3.8, 4) is 11.4 Å². The highest BCUT2D eigenvalue weighted by atomic mass is 28.3. The van der Waals surface area contributed by atoms with E-state index in [-0.39, 0.29) is 0 Å². The Hall–Kier alpha value is -11.0. The minimum absolute atomic E-state index is 1.08. The molecule has 0 spiro atoms. The van der Waals surface area contributed by atoms with E-state index in [0.717, 1.165) is 45.5 Å². The molecule has 0 atom stereocenters. The van der Waals surface area contributed by atoms with Gasteiger partial charge in [-0.3, -0.25) is 0 Å². The molecule has 0 radical (unpaired) electrons. The van der Waals surface area contributed by atoms with Crippen LogP contribution >= 0.6 is 0 Å². The quantitative estimate of drug-likeness (QED) is 0.0895. The SMILES string of the molecule is c1ccc(-n2c3ccccc3c3cc(N(c4ccc([Si](c5ccccc5)(c5ccccc5)c5ccc(N(c6ccc7c(c6)c6ccccc6n7-c6ccccc6)c6cccc7ccccc67)cc5)cc4)c4cccc5ccccc45)ccc32)cc1. The average Bonchev–Trinajstić information content (AvgIpc) is 4.06. The number of rotatable bonds is 12. The molecule has 0 N–H and O–H groups in total. The number of hydrogen-bond acceptors (Lipinski definition) is 2. The summed E-state index contributed by atoms with van der Waals surface area (Å²) >= 11 is 0. The Balaban J connectivity index is 0.873. The van der Waals surface area contributed by atoms with Crippen LogP contribution in [0.2, 0.25) is 0 Å². The maximum absolute atomic E-state index is 3.06. The summed E-state index contributed by atoms with van der Waals surface area (Å²) < 4.78 is 4.78. The molecule has 5 heteroatoms. The summed E-state index contributed by atoms with van der Waals surface area (Å²) in [6, 6.07) is 126. The zero-order valence-electron chi connectivity index (χ0n) is 46.6. The first-order valence-electron chi connectivity index (χ1n) is 29.2. The number of hydrogen-bond donors (Lipinski definition) is 0. The van der Waals surface area contributed by atoms with E-state index in [1.54, 1.807) is 0 Å². The van der Waals surface area contributed by atoms with Gasteiger partial charge in [0.05, 0.1) is 33.4 Å². The van der Waals surface area contributed by atoms with Crippen molar-refractivity contribution in [3.63, 3.8) is 0 Å². The van der Waals surface area contributed by atoms with E-state index in [1.807, 2.05) is 0 Å². The molecule has 16 aromatic rings. The standard InChI is InChI=1S/C80H56N4Si/c1-5-27-59(28-6-1)83-77-39-19-17-37-71(77)73-55-63(47-53-79(73)83)81(75-41-21-25-57-23-13-15-35-69(57)75)61-43-49-67(50-44-61)85(65-31-9-3-10-32-65,66-33-11-4-12-34-66)68-51-45-62(46-52-68)82(76-42-22-26-58-24-14-16-36-70(58)76)64-48-54-80-74(56-64)72-38-18-20-40-78(72)84(80)60-29-7-2-8-30-60/h1-56H. The van der Waals surface area contributed by atoms with Gasteiger partial charge in [-0.2, -0.15) is 0 Å². The van der Waals surface area contributed by atoms with Crippen LogP contribution in [0.3, 0.4) is 0 Å². The summed E-state index contributed by atoms with van der Waals surface area (Å²) in [5.41, 5.74) is 13.6. The number of nitrogens with zero attached hydrogens (tertiary/aromatic N) is 4. The summed E-state index contributed by atoms with van der Waals surface area (Å²) in [7, 11) is -3.06. The van der Waals surface area contributed by atoms with Gasteiger partial charge in [-0.1, -0.05) is 231 Å². The van der Waals surface area contributed by atoms with Gasteiger partial charge in [0.2, 0.25) is 0 Å². The predicted molar refractivity (Wildman–Crippen MR) is 363 cm³/mol. The maximum atomic E-state index is 2.46. The summed E-state index contributed by atoms with van der Waals surface area (Å²) in [4.78, 5) is 4.92. The molecule has 400 valence electrons. The van der Waals surface area contributed by atoms with Crippen LogP contribution in [0, 0.1) is 0 Å². The van der Waals surface area contributed by atoms with Gasteiger partial charge < -0.3 is 18.9 Å². The Morgan fingerprint density at radius 2 is 0.518 bits per heavy atom. The Bertz CT molecular complexity index is 4780. The van der Waals surface area contributed by atoms with Gasteiger partial charge in [0.15, 0.2) is 8.07 Å². The molecule has 85 heavy (non-hydrogen) atoms. The second kappa shape index (κ2) is 20.8. The highest BCUT2D eigenvalue weighted by molar-refractivity contribution is 7.19. The van der Waals surface area contributed by atoms with Crippen LogP contribution in [-0.2, 0) is 0 Å². The minimum atomic E-state index is -3.06. The Kier molecular flexibility index (Phi) is 12.2. The molecular weight excluding hydrogens is 1040 g/mol. The first kappa shape index (κ1) is 49.8. The van der Waals surface area contributed by atoms with Gasteiger partial charge in [-0.25, -0.2) is 0 Å². The highest BCUT2D eigenvalue weighted by Gasteiger charge is 2.42. The number of aromatic nitrogens is 2. The summed E-state index contributed by atoms with van der Waals surface area (Å²) in [6.07, 6.45) is 0. The monoisotopic (exact) mass is 1100 g/mol. The topological polar surface area (TPSA) is 16.3 Å². The normalized spacial score (nSPS) is 11.8. The van der Waals surface area contributed by atoms with Gasteiger partial charge in [0.1, 0.15) is 0 Å². The Morgan fingerprint density at radius 3 is 0.929 bits per heavy atom. The van der Waals surface area contributed by atoms with E-state index in [2.05, 4.69) is 359 Å². The van der Waals surface area contributed by atoms with E-state index in [9.17, 15) is 0 Å². The fraction of sp³-hybridized carbons (Fsp3) is 0. The molecule has 0 aliphatic heterocycles. The van der Waals surface area contributed by atoms with Gasteiger partial charge in [-0.15, -0.1) is 0 Å². The molecule has 2 aromatic heterocycles. The van der Waals surface area contributed by atoms with Crippen molar-refractivity contribution >= 4 is 128 Å². The number of anilines is 6.